The van der Waals surface area contributed by atoms with E-state index in [-0.39, 0.29) is 17.6 Å². The molecule has 10 aromatic rings. The molecule has 2 unspecified atom stereocenters. The summed E-state index contributed by atoms with van der Waals surface area (Å²) < 4.78 is 0. The average molecular weight is 796 g/mol. The highest BCUT2D eigenvalue weighted by molar-refractivity contribution is 6.14. The van der Waals surface area contributed by atoms with Crippen molar-refractivity contribution in [1.82, 2.24) is 4.90 Å². The minimum atomic E-state index is -0.0868. The fourth-order valence-electron chi connectivity index (χ4n) is 11.0. The molecule has 2 N–H and O–H groups in total. The molecule has 1 aliphatic heterocycles. The Bertz CT molecular complexity index is 3450. The largest absolute Gasteiger partial charge is 0.295 e. The molecule has 2 atom stereocenters. The van der Waals surface area contributed by atoms with E-state index in [0.29, 0.717) is 0 Å². The number of hydrogen-bond donors (Lipinski definition) is 1. The summed E-state index contributed by atoms with van der Waals surface area (Å²) in [5.41, 5.74) is 15.5. The first-order chi connectivity index (χ1) is 30.4. The Hall–Kier alpha value is -7.10. The molecule has 2 aliphatic rings. The second kappa shape index (κ2) is 14.2. The Labute approximate surface area is 363 Å². The third kappa shape index (κ3) is 5.72. The van der Waals surface area contributed by atoms with Crippen LogP contribution in [0, 0.1) is 0 Å². The van der Waals surface area contributed by atoms with Crippen molar-refractivity contribution in [3.05, 3.63) is 234 Å². The van der Waals surface area contributed by atoms with Crippen LogP contribution in [0.1, 0.15) is 53.9 Å². The zero-order valence-corrected chi connectivity index (χ0v) is 35.3. The van der Waals surface area contributed by atoms with Crippen LogP contribution in [0.4, 0.5) is 0 Å². The van der Waals surface area contributed by atoms with Crippen molar-refractivity contribution >= 4 is 48.8 Å². The number of nitrogens with zero attached hydrogens (tertiary/aromatic N) is 1. The number of rotatable bonds is 5. The van der Waals surface area contributed by atoms with Crippen LogP contribution in [-0.2, 0) is 5.41 Å². The van der Waals surface area contributed by atoms with Crippen LogP contribution in [0.2, 0.25) is 0 Å². The lowest BCUT2D eigenvalue weighted by molar-refractivity contribution is -0.640. The molecule has 0 saturated heterocycles. The highest BCUT2D eigenvalue weighted by Gasteiger charge is 2.39. The predicted octanol–water partition coefficient (Wildman–Crippen LogP) is 14.2. The normalized spacial score (nSPS) is 17.0. The Morgan fingerprint density at radius 3 is 1.73 bits per heavy atom. The van der Waals surface area contributed by atoms with Gasteiger partial charge in [0.25, 0.3) is 0 Å². The summed E-state index contributed by atoms with van der Waals surface area (Å²) in [6.45, 7) is 4.77. The van der Waals surface area contributed by atoms with Gasteiger partial charge in [-0.05, 0) is 112 Å². The second-order valence-electron chi connectivity index (χ2n) is 17.9. The van der Waals surface area contributed by atoms with Gasteiger partial charge >= 0.3 is 0 Å². The Morgan fingerprint density at radius 2 is 0.984 bits per heavy atom. The molecule has 1 heterocycles. The molecule has 0 bridgehead atoms. The van der Waals surface area contributed by atoms with Crippen LogP contribution >= 0.6 is 0 Å². The highest BCUT2D eigenvalue weighted by Crippen LogP contribution is 2.50. The molecule has 0 amide bonds. The lowest BCUT2D eigenvalue weighted by Gasteiger charge is -2.37. The molecule has 0 spiro atoms. The smallest absolute Gasteiger partial charge is 0.173 e. The van der Waals surface area contributed by atoms with Crippen LogP contribution in [-0.4, -0.2) is 11.9 Å². The fraction of sp³-hybridized carbons (Fsp3) is 0.100. The molecule has 12 rings (SSSR count). The second-order valence-corrected chi connectivity index (χ2v) is 17.9. The minimum Gasteiger partial charge on any atom is -0.295 e. The summed E-state index contributed by atoms with van der Waals surface area (Å²) in [7, 11) is 2.30. The number of likely N-dealkylation sites (N-methyl/N-ethyl adjacent to an activating group) is 1. The number of nitrogens with two attached hydrogens (primary N) is 1. The van der Waals surface area contributed by atoms with E-state index >= 15 is 0 Å². The zero-order valence-electron chi connectivity index (χ0n) is 35.3. The van der Waals surface area contributed by atoms with E-state index in [2.05, 4.69) is 237 Å². The van der Waals surface area contributed by atoms with E-state index in [4.69, 9.17) is 0 Å². The maximum Gasteiger partial charge on any atom is 0.173 e. The van der Waals surface area contributed by atoms with Gasteiger partial charge in [-0.1, -0.05) is 208 Å². The van der Waals surface area contributed by atoms with Crippen LogP contribution < -0.4 is 5.32 Å². The molecule has 296 valence electrons. The number of quaternary nitrogens is 1. The monoisotopic (exact) mass is 795 g/mol. The zero-order chi connectivity index (χ0) is 41.5. The standard InChI is InChI=1S/C60H46N2/c1-60(2)55-26-12-11-21-52(55)53-34-30-42(36-56(53)60)58-37-57(61-59(62(58)3)40-17-5-4-6-18-40)54-35-41(45-22-13-23-46-43-19-9-7-15-38(43)27-31-49(45)46)29-33-51(54)48-25-14-24-47-44-20-10-8-16-39(44)28-32-50(47)48/h4-37,58-59,61H,1-3H3/p+1. The average Bonchev–Trinajstić information content (AvgIpc) is 3.56. The summed E-state index contributed by atoms with van der Waals surface area (Å²) in [6, 6.07) is 74.9. The SMILES string of the molecule is CN1C(c2ccc3c(c2)C(C)(C)c2ccccc2-3)C=C(c2cc(-c3cccc4c3ccc3ccccc34)ccc2-c2cccc3c2ccc2ccccc23)[NH2+]C1c1ccccc1. The van der Waals surface area contributed by atoms with Crippen LogP contribution in [0.15, 0.2) is 206 Å². The lowest BCUT2D eigenvalue weighted by atomic mass is 9.81. The molecule has 0 fully saturated rings. The van der Waals surface area contributed by atoms with Crippen molar-refractivity contribution in [2.24, 2.45) is 0 Å². The van der Waals surface area contributed by atoms with E-state index < -0.39 is 0 Å². The molecule has 0 radical (unpaired) electrons. The molecule has 0 saturated carbocycles. The summed E-state index contributed by atoms with van der Waals surface area (Å²) in [4.78, 5) is 2.55. The van der Waals surface area contributed by atoms with Crippen molar-refractivity contribution in [2.45, 2.75) is 31.5 Å². The third-order valence-electron chi connectivity index (χ3n) is 14.1. The number of benzene rings is 10. The van der Waals surface area contributed by atoms with Gasteiger partial charge < -0.3 is 0 Å². The van der Waals surface area contributed by atoms with Crippen molar-refractivity contribution in [2.75, 3.05) is 7.05 Å². The fourth-order valence-corrected chi connectivity index (χ4v) is 11.0. The molecular formula is C60H47N2+. The van der Waals surface area contributed by atoms with E-state index in [1.165, 1.54) is 110 Å². The van der Waals surface area contributed by atoms with Crippen LogP contribution in [0.5, 0.6) is 0 Å². The maximum atomic E-state index is 2.55. The molecular weight excluding hydrogens is 749 g/mol. The predicted molar refractivity (Wildman–Crippen MR) is 261 cm³/mol. The summed E-state index contributed by atoms with van der Waals surface area (Å²) in [5, 5.41) is 12.7. The van der Waals surface area contributed by atoms with Gasteiger partial charge in [-0.3, -0.25) is 5.32 Å². The molecule has 1 aliphatic carbocycles. The first-order valence-electron chi connectivity index (χ1n) is 22.0. The molecule has 0 aromatic heterocycles. The van der Waals surface area contributed by atoms with Gasteiger partial charge in [0.2, 0.25) is 0 Å². The van der Waals surface area contributed by atoms with Gasteiger partial charge in [0, 0.05) is 16.5 Å². The maximum absolute atomic E-state index is 2.55. The minimum absolute atomic E-state index is 0.0295. The quantitative estimate of drug-likeness (QED) is 0.172. The first-order valence-corrected chi connectivity index (χ1v) is 22.0. The van der Waals surface area contributed by atoms with E-state index in [9.17, 15) is 0 Å². The van der Waals surface area contributed by atoms with Crippen LogP contribution in [0.25, 0.3) is 82.2 Å². The van der Waals surface area contributed by atoms with Crippen molar-refractivity contribution in [1.29, 1.82) is 0 Å². The van der Waals surface area contributed by atoms with Gasteiger partial charge in [-0.2, -0.15) is 0 Å². The van der Waals surface area contributed by atoms with E-state index in [1.54, 1.807) is 0 Å². The van der Waals surface area contributed by atoms with Crippen molar-refractivity contribution in [3.63, 3.8) is 0 Å². The lowest BCUT2D eigenvalue weighted by Crippen LogP contribution is -2.87. The molecule has 2 nitrogen and oxygen atoms in total. The molecule has 10 aromatic carbocycles. The van der Waals surface area contributed by atoms with Gasteiger partial charge in [-0.15, -0.1) is 0 Å². The summed E-state index contributed by atoms with van der Waals surface area (Å²) in [6.07, 6.45) is 2.59. The Balaban J connectivity index is 1.10. The molecule has 2 heteroatoms. The number of hydrogen-bond acceptors (Lipinski definition) is 1. The number of fused-ring (bicyclic) bond motifs is 9. The summed E-state index contributed by atoms with van der Waals surface area (Å²) in [5.74, 6) is 0. The van der Waals surface area contributed by atoms with Gasteiger partial charge in [-0.25, -0.2) is 4.90 Å². The Kier molecular flexibility index (Phi) is 8.44. The highest BCUT2D eigenvalue weighted by atomic mass is 15.3. The van der Waals surface area contributed by atoms with Crippen LogP contribution in [0.3, 0.4) is 0 Å². The topological polar surface area (TPSA) is 19.9 Å². The first kappa shape index (κ1) is 36.7. The van der Waals surface area contributed by atoms with E-state index in [1.807, 2.05) is 0 Å². The van der Waals surface area contributed by atoms with Crippen molar-refractivity contribution in [3.8, 4) is 33.4 Å². The van der Waals surface area contributed by atoms with Crippen molar-refractivity contribution < 1.29 is 5.32 Å². The Morgan fingerprint density at radius 1 is 0.403 bits per heavy atom. The van der Waals surface area contributed by atoms with Gasteiger partial charge in [0.1, 0.15) is 5.70 Å². The van der Waals surface area contributed by atoms with Gasteiger partial charge in [0.05, 0.1) is 6.04 Å². The van der Waals surface area contributed by atoms with E-state index in [0.717, 1.165) is 0 Å². The van der Waals surface area contributed by atoms with Gasteiger partial charge in [0.15, 0.2) is 6.17 Å². The summed E-state index contributed by atoms with van der Waals surface area (Å²) >= 11 is 0. The third-order valence-corrected chi connectivity index (χ3v) is 14.1. The molecule has 62 heavy (non-hydrogen) atoms.